The summed E-state index contributed by atoms with van der Waals surface area (Å²) in [5.41, 5.74) is 2.76. The van der Waals surface area contributed by atoms with Crippen molar-refractivity contribution in [1.82, 2.24) is 5.32 Å². The molecule has 2 aliphatic rings. The average molecular weight is 251 g/mol. The molecule has 18 heavy (non-hydrogen) atoms. The van der Waals surface area contributed by atoms with E-state index in [2.05, 4.69) is 29.6 Å². The van der Waals surface area contributed by atoms with Crippen LogP contribution in [0.1, 0.15) is 23.3 Å². The first kappa shape index (κ1) is 12.5. The predicted octanol–water partition coefficient (Wildman–Crippen LogP) is 0.558. The number of ether oxygens (including phenoxy) is 1. The second-order valence-electron chi connectivity index (χ2n) is 4.01. The summed E-state index contributed by atoms with van der Waals surface area (Å²) in [6.07, 6.45) is 0.611. The van der Waals surface area contributed by atoms with E-state index in [9.17, 15) is 0 Å². The van der Waals surface area contributed by atoms with Gasteiger partial charge in [0, 0.05) is 13.1 Å². The van der Waals surface area contributed by atoms with Crippen molar-refractivity contribution in [3.63, 3.8) is 0 Å². The number of fused-ring (bicyclic) bond motifs is 5. The third-order valence-corrected chi connectivity index (χ3v) is 2.86. The molecule has 6 nitrogen and oxygen atoms in total. The van der Waals surface area contributed by atoms with E-state index in [0.717, 1.165) is 13.1 Å². The number of rotatable bonds is 0. The first-order valence-corrected chi connectivity index (χ1v) is 5.51. The molecule has 1 aromatic carbocycles. The van der Waals surface area contributed by atoms with Crippen LogP contribution >= 0.6 is 0 Å². The Morgan fingerprint density at radius 3 is 1.89 bits per heavy atom. The molecular weight excluding hydrogens is 238 g/mol. The summed E-state index contributed by atoms with van der Waals surface area (Å²) < 4.78 is 5.81. The summed E-state index contributed by atoms with van der Waals surface area (Å²) in [6, 6.07) is 8.52. The van der Waals surface area contributed by atoms with Gasteiger partial charge < -0.3 is 20.3 Å². The van der Waals surface area contributed by atoms with Crippen LogP contribution < -0.4 is 5.32 Å². The minimum absolute atomic E-state index is 0.306. The van der Waals surface area contributed by atoms with Crippen LogP contribution in [0.25, 0.3) is 0 Å². The molecule has 2 unspecified atom stereocenters. The maximum absolute atomic E-state index is 9.10. The molecule has 1 aromatic rings. The van der Waals surface area contributed by atoms with E-state index in [-0.39, 0.29) is 0 Å². The van der Waals surface area contributed by atoms with Gasteiger partial charge in [-0.3, -0.25) is 0 Å². The quantitative estimate of drug-likeness (QED) is 0.583. The van der Waals surface area contributed by atoms with Gasteiger partial charge in [0.2, 0.25) is 0 Å². The largest absolute Gasteiger partial charge is 0.473 e. The predicted molar refractivity (Wildman–Crippen MR) is 61.2 cm³/mol. The molecule has 2 aliphatic heterocycles. The maximum atomic E-state index is 9.10. The minimum Gasteiger partial charge on any atom is -0.473 e. The number of hydrogen-bond donors (Lipinski definition) is 3. The van der Waals surface area contributed by atoms with Crippen molar-refractivity contribution in [3.05, 3.63) is 35.4 Å². The number of carboxylic acid groups (broad SMARTS) is 2. The number of carbonyl (C=O) groups is 2. The number of nitrogens with one attached hydrogen (secondary N) is 1. The van der Waals surface area contributed by atoms with E-state index in [1.54, 1.807) is 0 Å². The molecule has 0 aliphatic carbocycles. The molecule has 2 heterocycles. The second kappa shape index (κ2) is 5.16. The number of hydrogen-bond acceptors (Lipinski definition) is 4. The molecule has 2 bridgehead atoms. The fraction of sp³-hybridized carbons (Fsp3) is 0.333. The van der Waals surface area contributed by atoms with E-state index in [1.807, 2.05) is 0 Å². The van der Waals surface area contributed by atoms with Crippen LogP contribution in [0.2, 0.25) is 0 Å². The van der Waals surface area contributed by atoms with Gasteiger partial charge in [-0.1, -0.05) is 24.3 Å². The van der Waals surface area contributed by atoms with E-state index < -0.39 is 11.9 Å². The Balaban J connectivity index is 0.000000174. The van der Waals surface area contributed by atoms with E-state index in [4.69, 9.17) is 24.5 Å². The van der Waals surface area contributed by atoms with Crippen LogP contribution in [0.15, 0.2) is 24.3 Å². The zero-order valence-corrected chi connectivity index (χ0v) is 9.50. The fourth-order valence-corrected chi connectivity index (χ4v) is 2.10. The number of benzene rings is 1. The van der Waals surface area contributed by atoms with Gasteiger partial charge in [-0.05, 0) is 11.1 Å². The Kier molecular flexibility index (Phi) is 3.59. The highest BCUT2D eigenvalue weighted by Gasteiger charge is 2.34. The summed E-state index contributed by atoms with van der Waals surface area (Å²) in [5, 5.41) is 18.2. The van der Waals surface area contributed by atoms with Crippen LogP contribution in [0.4, 0.5) is 0 Å². The van der Waals surface area contributed by atoms with Gasteiger partial charge in [-0.15, -0.1) is 0 Å². The smallest absolute Gasteiger partial charge is 0.414 e. The molecule has 0 saturated carbocycles. The van der Waals surface area contributed by atoms with Crippen molar-refractivity contribution >= 4 is 11.9 Å². The summed E-state index contributed by atoms with van der Waals surface area (Å²) in [7, 11) is 0. The highest BCUT2D eigenvalue weighted by molar-refractivity contribution is 6.27. The molecule has 0 spiro atoms. The second-order valence-corrected chi connectivity index (χ2v) is 4.01. The summed E-state index contributed by atoms with van der Waals surface area (Å²) in [4.78, 5) is 18.2. The van der Waals surface area contributed by atoms with Crippen molar-refractivity contribution in [2.24, 2.45) is 0 Å². The van der Waals surface area contributed by atoms with Gasteiger partial charge >= 0.3 is 11.9 Å². The molecule has 3 N–H and O–H groups in total. The third-order valence-electron chi connectivity index (χ3n) is 2.86. The Bertz CT molecular complexity index is 432. The van der Waals surface area contributed by atoms with Crippen molar-refractivity contribution in [2.45, 2.75) is 12.2 Å². The van der Waals surface area contributed by atoms with Crippen molar-refractivity contribution in [3.8, 4) is 0 Å². The Labute approximate surface area is 103 Å². The normalized spacial score (nSPS) is 23.6. The van der Waals surface area contributed by atoms with Crippen LogP contribution in [0.3, 0.4) is 0 Å². The van der Waals surface area contributed by atoms with Crippen LogP contribution in [-0.4, -0.2) is 35.2 Å². The fourth-order valence-electron chi connectivity index (χ4n) is 2.10. The standard InChI is InChI=1S/C10H11NO.C2H2O4/c1-2-4-8-7(3-1)9-5-11-6-10(8)12-9;3-1(4)2(5)6/h1-4,9-11H,5-6H2;(H,3,4)(H,5,6). The highest BCUT2D eigenvalue weighted by atomic mass is 16.5. The number of carboxylic acids is 2. The lowest BCUT2D eigenvalue weighted by Gasteiger charge is -2.21. The first-order valence-electron chi connectivity index (χ1n) is 5.51. The molecule has 96 valence electrons. The van der Waals surface area contributed by atoms with Gasteiger partial charge in [0.15, 0.2) is 0 Å². The summed E-state index contributed by atoms with van der Waals surface area (Å²) in [5.74, 6) is -3.65. The number of morpholine rings is 1. The van der Waals surface area contributed by atoms with Crippen LogP contribution in [0, 0.1) is 0 Å². The van der Waals surface area contributed by atoms with E-state index in [0.29, 0.717) is 12.2 Å². The monoisotopic (exact) mass is 251 g/mol. The van der Waals surface area contributed by atoms with Gasteiger partial charge in [0.1, 0.15) is 0 Å². The molecular formula is C12H13NO5. The number of aliphatic carboxylic acids is 2. The Hall–Kier alpha value is -1.92. The Morgan fingerprint density at radius 2 is 1.50 bits per heavy atom. The zero-order valence-electron chi connectivity index (χ0n) is 9.50. The highest BCUT2D eigenvalue weighted by Crippen LogP contribution is 2.40. The summed E-state index contributed by atoms with van der Waals surface area (Å²) in [6.45, 7) is 1.93. The molecule has 3 rings (SSSR count). The summed E-state index contributed by atoms with van der Waals surface area (Å²) >= 11 is 0. The maximum Gasteiger partial charge on any atom is 0.414 e. The van der Waals surface area contributed by atoms with Gasteiger partial charge in [0.05, 0.1) is 12.2 Å². The van der Waals surface area contributed by atoms with Crippen molar-refractivity contribution < 1.29 is 24.5 Å². The lowest BCUT2D eigenvalue weighted by Crippen LogP contribution is -2.30. The zero-order chi connectivity index (χ0) is 13.1. The van der Waals surface area contributed by atoms with Gasteiger partial charge in [0.25, 0.3) is 0 Å². The molecule has 0 aromatic heterocycles. The van der Waals surface area contributed by atoms with E-state index in [1.165, 1.54) is 11.1 Å². The molecule has 0 radical (unpaired) electrons. The van der Waals surface area contributed by atoms with Crippen molar-refractivity contribution in [2.75, 3.05) is 13.1 Å². The van der Waals surface area contributed by atoms with Gasteiger partial charge in [-0.2, -0.15) is 0 Å². The molecule has 6 heteroatoms. The molecule has 1 fully saturated rings. The third kappa shape index (κ3) is 2.49. The van der Waals surface area contributed by atoms with Crippen molar-refractivity contribution in [1.29, 1.82) is 0 Å². The van der Waals surface area contributed by atoms with Gasteiger partial charge in [-0.25, -0.2) is 9.59 Å². The van der Waals surface area contributed by atoms with Crippen LogP contribution in [0.5, 0.6) is 0 Å². The molecule has 0 amide bonds. The average Bonchev–Trinajstić information content (AvgIpc) is 2.63. The topological polar surface area (TPSA) is 95.9 Å². The Morgan fingerprint density at radius 1 is 1.06 bits per heavy atom. The van der Waals surface area contributed by atoms with Crippen LogP contribution in [-0.2, 0) is 14.3 Å². The van der Waals surface area contributed by atoms with E-state index >= 15 is 0 Å². The lowest BCUT2D eigenvalue weighted by molar-refractivity contribution is -0.159. The SMILES string of the molecule is O=C(O)C(=O)O.c1ccc2c(c1)C1CNCC2O1. The minimum atomic E-state index is -1.82. The molecule has 1 saturated heterocycles. The lowest BCUT2D eigenvalue weighted by atomic mass is 10.0. The first-order chi connectivity index (χ1) is 8.59. The molecule has 2 atom stereocenters.